The zero-order valence-electron chi connectivity index (χ0n) is 14.3. The quantitative estimate of drug-likeness (QED) is 0.613. The van der Waals surface area contributed by atoms with Gasteiger partial charge in [0.1, 0.15) is 11.7 Å². The van der Waals surface area contributed by atoms with E-state index in [-0.39, 0.29) is 13.0 Å². The second-order valence-corrected chi connectivity index (χ2v) is 6.46. The molecule has 1 aromatic carbocycles. The summed E-state index contributed by atoms with van der Waals surface area (Å²) in [5, 5.41) is 26.1. The third-order valence-electron chi connectivity index (χ3n) is 3.21. The summed E-state index contributed by atoms with van der Waals surface area (Å²) in [5.41, 5.74) is 1.06. The van der Waals surface area contributed by atoms with Crippen LogP contribution in [0.4, 0.5) is 4.79 Å². The maximum Gasteiger partial charge on any atom is 0.407 e. The Morgan fingerprint density at radius 3 is 2.52 bits per heavy atom. The zero-order valence-corrected chi connectivity index (χ0v) is 14.3. The fourth-order valence-corrected chi connectivity index (χ4v) is 2.18. The molecule has 0 aliphatic carbocycles. The molecule has 0 fully saturated rings. The van der Waals surface area contributed by atoms with Crippen LogP contribution < -0.4 is 10.6 Å². The molecular formula is C17H28N2O4. The minimum Gasteiger partial charge on any atom is -0.444 e. The smallest absolute Gasteiger partial charge is 0.407 e. The molecule has 2 unspecified atom stereocenters. The SMILES string of the molecule is CNCc1ccccc1C(O)C(O)CCNC(=O)OC(C)(C)C. The lowest BCUT2D eigenvalue weighted by Crippen LogP contribution is -2.34. The molecule has 0 saturated heterocycles. The van der Waals surface area contributed by atoms with Gasteiger partial charge in [0, 0.05) is 13.1 Å². The van der Waals surface area contributed by atoms with Gasteiger partial charge in [-0.05, 0) is 45.4 Å². The Balaban J connectivity index is 2.52. The van der Waals surface area contributed by atoms with E-state index in [1.807, 2.05) is 25.2 Å². The van der Waals surface area contributed by atoms with E-state index in [0.29, 0.717) is 12.1 Å². The summed E-state index contributed by atoms with van der Waals surface area (Å²) in [4.78, 5) is 11.5. The highest BCUT2D eigenvalue weighted by Crippen LogP contribution is 2.22. The van der Waals surface area contributed by atoms with Crippen LogP contribution in [0.25, 0.3) is 0 Å². The molecule has 23 heavy (non-hydrogen) atoms. The predicted molar refractivity (Wildman–Crippen MR) is 89.0 cm³/mol. The number of carbonyl (C=O) groups is 1. The molecule has 0 saturated carbocycles. The van der Waals surface area contributed by atoms with Gasteiger partial charge in [0.25, 0.3) is 0 Å². The minimum absolute atomic E-state index is 0.224. The number of nitrogens with one attached hydrogen (secondary N) is 2. The summed E-state index contributed by atoms with van der Waals surface area (Å²) in [6.07, 6.45) is -2.27. The van der Waals surface area contributed by atoms with Crippen LogP contribution in [0.5, 0.6) is 0 Å². The minimum atomic E-state index is -1.00. The first-order chi connectivity index (χ1) is 10.7. The van der Waals surface area contributed by atoms with Crippen molar-refractivity contribution in [2.75, 3.05) is 13.6 Å². The largest absolute Gasteiger partial charge is 0.444 e. The van der Waals surface area contributed by atoms with Crippen molar-refractivity contribution in [1.82, 2.24) is 10.6 Å². The normalized spacial score (nSPS) is 14.2. The molecule has 0 spiro atoms. The van der Waals surface area contributed by atoms with E-state index in [9.17, 15) is 15.0 Å². The Labute approximate surface area is 137 Å². The van der Waals surface area contributed by atoms with Crippen molar-refractivity contribution in [1.29, 1.82) is 0 Å². The Hall–Kier alpha value is -1.63. The Bertz CT molecular complexity index is 500. The van der Waals surface area contributed by atoms with E-state index >= 15 is 0 Å². The molecule has 6 nitrogen and oxygen atoms in total. The third-order valence-corrected chi connectivity index (χ3v) is 3.21. The fourth-order valence-electron chi connectivity index (χ4n) is 2.18. The lowest BCUT2D eigenvalue weighted by Gasteiger charge is -2.22. The molecule has 4 N–H and O–H groups in total. The summed E-state index contributed by atoms with van der Waals surface area (Å²) in [6.45, 7) is 6.18. The maximum absolute atomic E-state index is 11.5. The average Bonchev–Trinajstić information content (AvgIpc) is 2.45. The standard InChI is InChI=1S/C17H28N2O4/c1-17(2,3)23-16(22)19-10-9-14(20)15(21)13-8-6-5-7-12(13)11-18-4/h5-8,14-15,18,20-21H,9-11H2,1-4H3,(H,19,22). The number of amides is 1. The molecule has 0 aliphatic rings. The molecule has 130 valence electrons. The van der Waals surface area contributed by atoms with Crippen molar-refractivity contribution in [2.24, 2.45) is 0 Å². The van der Waals surface area contributed by atoms with Gasteiger partial charge in [-0.25, -0.2) is 4.79 Å². The number of carbonyl (C=O) groups excluding carboxylic acids is 1. The Morgan fingerprint density at radius 2 is 1.91 bits per heavy atom. The van der Waals surface area contributed by atoms with Gasteiger partial charge in [0.2, 0.25) is 0 Å². The van der Waals surface area contributed by atoms with Crippen molar-refractivity contribution in [3.8, 4) is 0 Å². The highest BCUT2D eigenvalue weighted by molar-refractivity contribution is 5.67. The van der Waals surface area contributed by atoms with Crippen LogP contribution >= 0.6 is 0 Å². The molecule has 0 radical (unpaired) electrons. The number of ether oxygens (including phenoxy) is 1. The van der Waals surface area contributed by atoms with Gasteiger partial charge in [-0.15, -0.1) is 0 Å². The van der Waals surface area contributed by atoms with Crippen LogP contribution in [0.3, 0.4) is 0 Å². The first-order valence-electron chi connectivity index (χ1n) is 7.80. The van der Waals surface area contributed by atoms with Crippen LogP contribution in [0.2, 0.25) is 0 Å². The Morgan fingerprint density at radius 1 is 1.26 bits per heavy atom. The van der Waals surface area contributed by atoms with Gasteiger partial charge in [-0.2, -0.15) is 0 Å². The summed E-state index contributed by atoms with van der Waals surface area (Å²) in [7, 11) is 1.82. The molecular weight excluding hydrogens is 296 g/mol. The zero-order chi connectivity index (χ0) is 17.5. The van der Waals surface area contributed by atoms with Gasteiger partial charge in [0.15, 0.2) is 0 Å². The summed E-state index contributed by atoms with van der Waals surface area (Å²) >= 11 is 0. The predicted octanol–water partition coefficient (Wildman–Crippen LogP) is 1.72. The van der Waals surface area contributed by atoms with Crippen LogP contribution in [0.15, 0.2) is 24.3 Å². The number of aliphatic hydroxyl groups is 2. The Kier molecular flexibility index (Phi) is 7.48. The van der Waals surface area contributed by atoms with Crippen molar-refractivity contribution in [3.05, 3.63) is 35.4 Å². The molecule has 0 aromatic heterocycles. The molecule has 0 heterocycles. The first-order valence-corrected chi connectivity index (χ1v) is 7.80. The maximum atomic E-state index is 11.5. The lowest BCUT2D eigenvalue weighted by atomic mass is 9.97. The number of rotatable bonds is 7. The molecule has 1 amide bonds. The van der Waals surface area contributed by atoms with Gasteiger partial charge in [-0.3, -0.25) is 0 Å². The van der Waals surface area contributed by atoms with Crippen molar-refractivity contribution in [3.63, 3.8) is 0 Å². The van der Waals surface area contributed by atoms with Crippen molar-refractivity contribution < 1.29 is 19.7 Å². The number of alkyl carbamates (subject to hydrolysis) is 1. The van der Waals surface area contributed by atoms with E-state index in [0.717, 1.165) is 5.56 Å². The van der Waals surface area contributed by atoms with Gasteiger partial charge in [0.05, 0.1) is 6.10 Å². The van der Waals surface area contributed by atoms with Crippen LogP contribution in [-0.2, 0) is 11.3 Å². The van der Waals surface area contributed by atoms with Gasteiger partial charge in [-0.1, -0.05) is 24.3 Å². The lowest BCUT2D eigenvalue weighted by molar-refractivity contribution is 0.0118. The van der Waals surface area contributed by atoms with Crippen LogP contribution in [0.1, 0.15) is 44.4 Å². The monoisotopic (exact) mass is 324 g/mol. The number of aliphatic hydroxyl groups excluding tert-OH is 2. The second-order valence-electron chi connectivity index (χ2n) is 6.46. The van der Waals surface area contributed by atoms with E-state index in [2.05, 4.69) is 10.6 Å². The molecule has 1 rings (SSSR count). The highest BCUT2D eigenvalue weighted by atomic mass is 16.6. The number of hydrogen-bond acceptors (Lipinski definition) is 5. The first kappa shape index (κ1) is 19.4. The summed E-state index contributed by atoms with van der Waals surface area (Å²) < 4.78 is 5.11. The molecule has 2 atom stereocenters. The average molecular weight is 324 g/mol. The van der Waals surface area contributed by atoms with Gasteiger partial charge >= 0.3 is 6.09 Å². The number of hydrogen-bond donors (Lipinski definition) is 4. The van der Waals surface area contributed by atoms with E-state index in [4.69, 9.17) is 4.74 Å². The van der Waals surface area contributed by atoms with E-state index in [1.165, 1.54) is 0 Å². The molecule has 0 aliphatic heterocycles. The van der Waals surface area contributed by atoms with Gasteiger partial charge < -0.3 is 25.6 Å². The van der Waals surface area contributed by atoms with Crippen LogP contribution in [0, 0.1) is 0 Å². The molecule has 0 bridgehead atoms. The third kappa shape index (κ3) is 6.99. The number of benzene rings is 1. The van der Waals surface area contributed by atoms with Crippen LogP contribution in [-0.4, -0.2) is 41.6 Å². The van der Waals surface area contributed by atoms with Crippen molar-refractivity contribution in [2.45, 2.75) is 51.5 Å². The molecule has 1 aromatic rings. The fraction of sp³-hybridized carbons (Fsp3) is 0.588. The van der Waals surface area contributed by atoms with E-state index in [1.54, 1.807) is 26.8 Å². The molecule has 6 heteroatoms. The summed E-state index contributed by atoms with van der Waals surface area (Å²) in [6, 6.07) is 7.41. The summed E-state index contributed by atoms with van der Waals surface area (Å²) in [5.74, 6) is 0. The highest BCUT2D eigenvalue weighted by Gasteiger charge is 2.21. The van der Waals surface area contributed by atoms with Crippen molar-refractivity contribution >= 4 is 6.09 Å². The second kappa shape index (κ2) is 8.86. The van der Waals surface area contributed by atoms with E-state index < -0.39 is 23.9 Å². The topological polar surface area (TPSA) is 90.8 Å².